The van der Waals surface area contributed by atoms with Gasteiger partial charge in [-0.2, -0.15) is 4.98 Å². The van der Waals surface area contributed by atoms with Crippen LogP contribution in [0.2, 0.25) is 0 Å². The van der Waals surface area contributed by atoms with Crippen molar-refractivity contribution in [3.05, 3.63) is 28.5 Å². The summed E-state index contributed by atoms with van der Waals surface area (Å²) >= 11 is 3.20. The van der Waals surface area contributed by atoms with E-state index in [0.29, 0.717) is 35.0 Å². The van der Waals surface area contributed by atoms with Gasteiger partial charge in [-0.05, 0) is 41.1 Å². The van der Waals surface area contributed by atoms with Crippen molar-refractivity contribution in [3.63, 3.8) is 0 Å². The van der Waals surface area contributed by atoms with Gasteiger partial charge >= 0.3 is 0 Å². The standard InChI is InChI=1S/C11H11BrN2O3/c1-2-16-6-10-13-11(17-14-10)7-3-4-8(12)9(15)5-7/h3-5,15H,2,6H2,1H3. The molecular weight excluding hydrogens is 288 g/mol. The first-order valence-corrected chi connectivity index (χ1v) is 5.89. The highest BCUT2D eigenvalue weighted by Crippen LogP contribution is 2.28. The average Bonchev–Trinajstić information content (AvgIpc) is 2.79. The summed E-state index contributed by atoms with van der Waals surface area (Å²) in [6.45, 7) is 2.82. The van der Waals surface area contributed by atoms with Crippen molar-refractivity contribution in [3.8, 4) is 17.2 Å². The third-order valence-electron chi connectivity index (χ3n) is 2.10. The molecule has 0 aliphatic carbocycles. The van der Waals surface area contributed by atoms with Gasteiger partial charge in [-0.25, -0.2) is 0 Å². The number of halogens is 1. The van der Waals surface area contributed by atoms with Gasteiger partial charge in [0.1, 0.15) is 12.4 Å². The molecule has 1 aromatic carbocycles. The molecule has 0 saturated heterocycles. The summed E-state index contributed by atoms with van der Waals surface area (Å²) in [6.07, 6.45) is 0. The Balaban J connectivity index is 2.21. The van der Waals surface area contributed by atoms with Crippen LogP contribution >= 0.6 is 15.9 Å². The van der Waals surface area contributed by atoms with Gasteiger partial charge in [0.25, 0.3) is 5.89 Å². The van der Waals surface area contributed by atoms with Gasteiger partial charge in [0.15, 0.2) is 5.82 Å². The van der Waals surface area contributed by atoms with Crippen LogP contribution in [-0.2, 0) is 11.3 Å². The van der Waals surface area contributed by atoms with Crippen molar-refractivity contribution in [2.24, 2.45) is 0 Å². The highest BCUT2D eigenvalue weighted by Gasteiger charge is 2.10. The van der Waals surface area contributed by atoms with E-state index in [1.54, 1.807) is 18.2 Å². The van der Waals surface area contributed by atoms with Gasteiger partial charge < -0.3 is 14.4 Å². The molecule has 1 heterocycles. The third kappa shape index (κ3) is 2.83. The molecular formula is C11H11BrN2O3. The number of phenolic OH excluding ortho intramolecular Hbond substituents is 1. The van der Waals surface area contributed by atoms with E-state index in [4.69, 9.17) is 9.26 Å². The number of nitrogens with zero attached hydrogens (tertiary/aromatic N) is 2. The van der Waals surface area contributed by atoms with Crippen LogP contribution in [0, 0.1) is 0 Å². The molecule has 0 spiro atoms. The Bertz CT molecular complexity index is 513. The number of hydrogen-bond donors (Lipinski definition) is 1. The molecule has 0 fully saturated rings. The highest BCUT2D eigenvalue weighted by molar-refractivity contribution is 9.10. The van der Waals surface area contributed by atoms with Crippen molar-refractivity contribution in [2.45, 2.75) is 13.5 Å². The van der Waals surface area contributed by atoms with Gasteiger partial charge in [-0.15, -0.1) is 0 Å². The zero-order valence-electron chi connectivity index (χ0n) is 9.18. The van der Waals surface area contributed by atoms with Crippen LogP contribution in [0.25, 0.3) is 11.5 Å². The van der Waals surface area contributed by atoms with Crippen LogP contribution in [0.1, 0.15) is 12.7 Å². The number of rotatable bonds is 4. The fourth-order valence-corrected chi connectivity index (χ4v) is 1.52. The molecule has 2 aromatic rings. The zero-order valence-corrected chi connectivity index (χ0v) is 10.8. The van der Waals surface area contributed by atoms with Crippen LogP contribution in [0.3, 0.4) is 0 Å². The maximum atomic E-state index is 9.55. The lowest BCUT2D eigenvalue weighted by molar-refractivity contribution is 0.126. The summed E-state index contributed by atoms with van der Waals surface area (Å²) in [5.41, 5.74) is 0.668. The summed E-state index contributed by atoms with van der Waals surface area (Å²) in [5, 5.41) is 13.3. The monoisotopic (exact) mass is 298 g/mol. The summed E-state index contributed by atoms with van der Waals surface area (Å²) < 4.78 is 10.9. The van der Waals surface area contributed by atoms with Crippen molar-refractivity contribution in [2.75, 3.05) is 6.61 Å². The quantitative estimate of drug-likeness (QED) is 0.940. The van der Waals surface area contributed by atoms with E-state index in [1.165, 1.54) is 0 Å². The molecule has 1 N–H and O–H groups in total. The lowest BCUT2D eigenvalue weighted by Crippen LogP contribution is -1.93. The largest absolute Gasteiger partial charge is 0.507 e. The van der Waals surface area contributed by atoms with Gasteiger partial charge in [-0.1, -0.05) is 5.16 Å². The smallest absolute Gasteiger partial charge is 0.258 e. The number of aromatic hydroxyl groups is 1. The lowest BCUT2D eigenvalue weighted by Gasteiger charge is -1.98. The Morgan fingerprint density at radius 3 is 3.00 bits per heavy atom. The molecule has 0 bridgehead atoms. The van der Waals surface area contributed by atoms with Gasteiger partial charge in [0.2, 0.25) is 0 Å². The van der Waals surface area contributed by atoms with E-state index in [2.05, 4.69) is 26.1 Å². The molecule has 0 atom stereocenters. The number of ether oxygens (including phenoxy) is 1. The van der Waals surface area contributed by atoms with Gasteiger partial charge in [-0.3, -0.25) is 0 Å². The Morgan fingerprint density at radius 2 is 2.29 bits per heavy atom. The average molecular weight is 299 g/mol. The molecule has 6 heteroatoms. The predicted octanol–water partition coefficient (Wildman–Crippen LogP) is 2.74. The second-order valence-corrected chi connectivity index (χ2v) is 4.17. The number of aromatic nitrogens is 2. The Hall–Kier alpha value is -1.40. The maximum Gasteiger partial charge on any atom is 0.258 e. The van der Waals surface area contributed by atoms with E-state index in [0.717, 1.165) is 0 Å². The van der Waals surface area contributed by atoms with Gasteiger partial charge in [0, 0.05) is 12.2 Å². The Morgan fingerprint density at radius 1 is 1.47 bits per heavy atom. The minimum atomic E-state index is 0.132. The highest BCUT2D eigenvalue weighted by atomic mass is 79.9. The summed E-state index contributed by atoms with van der Waals surface area (Å²) in [7, 11) is 0. The van der Waals surface area contributed by atoms with E-state index in [-0.39, 0.29) is 5.75 Å². The molecule has 1 aromatic heterocycles. The summed E-state index contributed by atoms with van der Waals surface area (Å²) in [6, 6.07) is 5.06. The van der Waals surface area contributed by atoms with E-state index in [1.807, 2.05) is 6.92 Å². The van der Waals surface area contributed by atoms with E-state index in [9.17, 15) is 5.11 Å². The first-order chi connectivity index (χ1) is 8.20. The van der Waals surface area contributed by atoms with Crippen molar-refractivity contribution < 1.29 is 14.4 Å². The van der Waals surface area contributed by atoms with Crippen LogP contribution in [0.15, 0.2) is 27.2 Å². The molecule has 0 amide bonds. The molecule has 2 rings (SSSR count). The molecule has 0 radical (unpaired) electrons. The van der Waals surface area contributed by atoms with Crippen molar-refractivity contribution in [1.29, 1.82) is 0 Å². The number of hydrogen-bond acceptors (Lipinski definition) is 5. The topological polar surface area (TPSA) is 68.4 Å². The zero-order chi connectivity index (χ0) is 12.3. The van der Waals surface area contributed by atoms with Crippen LogP contribution in [-0.4, -0.2) is 21.9 Å². The van der Waals surface area contributed by atoms with E-state index >= 15 is 0 Å². The molecule has 0 aliphatic heterocycles. The Labute approximate surface area is 107 Å². The first-order valence-electron chi connectivity index (χ1n) is 5.10. The second kappa shape index (κ2) is 5.29. The minimum absolute atomic E-state index is 0.132. The molecule has 0 unspecified atom stereocenters. The van der Waals surface area contributed by atoms with Gasteiger partial charge in [0.05, 0.1) is 4.47 Å². The Kier molecular flexibility index (Phi) is 3.75. The number of phenols is 1. The fourth-order valence-electron chi connectivity index (χ4n) is 1.27. The van der Waals surface area contributed by atoms with E-state index < -0.39 is 0 Å². The normalized spacial score (nSPS) is 10.7. The lowest BCUT2D eigenvalue weighted by atomic mass is 10.2. The van der Waals surface area contributed by atoms with Crippen molar-refractivity contribution in [1.82, 2.24) is 10.1 Å². The second-order valence-electron chi connectivity index (χ2n) is 3.32. The summed E-state index contributed by atoms with van der Waals surface area (Å²) in [4.78, 5) is 4.16. The first kappa shape index (κ1) is 12.1. The minimum Gasteiger partial charge on any atom is -0.507 e. The molecule has 17 heavy (non-hydrogen) atoms. The maximum absolute atomic E-state index is 9.55. The van der Waals surface area contributed by atoms with Crippen molar-refractivity contribution >= 4 is 15.9 Å². The predicted molar refractivity (Wildman–Crippen MR) is 64.4 cm³/mol. The summed E-state index contributed by atoms with van der Waals surface area (Å²) in [5.74, 6) is 0.985. The molecule has 0 aliphatic rings. The number of benzene rings is 1. The van der Waals surface area contributed by atoms with Crippen LogP contribution < -0.4 is 0 Å². The molecule has 5 nitrogen and oxygen atoms in total. The van der Waals surface area contributed by atoms with Crippen LogP contribution in [0.5, 0.6) is 5.75 Å². The fraction of sp³-hybridized carbons (Fsp3) is 0.273. The molecule has 90 valence electrons. The van der Waals surface area contributed by atoms with Crippen LogP contribution in [0.4, 0.5) is 0 Å². The SMILES string of the molecule is CCOCc1noc(-c2ccc(Br)c(O)c2)n1. The third-order valence-corrected chi connectivity index (χ3v) is 2.77. The molecule has 0 saturated carbocycles.